The maximum atomic E-state index is 12.6. The summed E-state index contributed by atoms with van der Waals surface area (Å²) in [6.07, 6.45) is 8.04. The van der Waals surface area contributed by atoms with Gasteiger partial charge in [-0.15, -0.1) is 0 Å². The number of aromatic nitrogens is 1. The highest BCUT2D eigenvalue weighted by Crippen LogP contribution is 2.45. The van der Waals surface area contributed by atoms with Gasteiger partial charge in [0.15, 0.2) is 5.43 Å². The minimum atomic E-state index is -1.21. The number of fused-ring (bicyclic) bond motifs is 3. The number of unbranched alkanes of at least 4 members (excludes halogenated alkanes) is 5. The van der Waals surface area contributed by atoms with Crippen molar-refractivity contribution in [3.63, 3.8) is 0 Å². The molecule has 3 rings (SSSR count). The second kappa shape index (κ2) is 13.4. The van der Waals surface area contributed by atoms with Crippen molar-refractivity contribution in [2.24, 2.45) is 5.41 Å². The van der Waals surface area contributed by atoms with Gasteiger partial charge in [-0.2, -0.15) is 0 Å². The van der Waals surface area contributed by atoms with E-state index in [1.165, 1.54) is 12.3 Å². The average molecular weight is 570 g/mol. The third kappa shape index (κ3) is 8.75. The normalized spacial score (nSPS) is 14.6. The van der Waals surface area contributed by atoms with Crippen LogP contribution in [0.1, 0.15) is 102 Å². The van der Waals surface area contributed by atoms with Crippen LogP contribution in [0.25, 0.3) is 11.3 Å². The summed E-state index contributed by atoms with van der Waals surface area (Å²) in [6.45, 7) is 13.2. The third-order valence-electron chi connectivity index (χ3n) is 7.31. The van der Waals surface area contributed by atoms with E-state index in [4.69, 9.17) is 9.47 Å². The number of carboxylic acids is 1. The van der Waals surface area contributed by atoms with Crippen LogP contribution in [0.3, 0.4) is 0 Å². The van der Waals surface area contributed by atoms with Crippen molar-refractivity contribution in [3.05, 3.63) is 45.7 Å². The Balaban J connectivity index is 1.57. The molecule has 2 heterocycles. The lowest BCUT2D eigenvalue weighted by Crippen LogP contribution is -2.32. The van der Waals surface area contributed by atoms with Crippen LogP contribution >= 0.6 is 0 Å². The Hall–Kier alpha value is -3.49. The molecule has 1 aliphatic rings. The van der Waals surface area contributed by atoms with E-state index in [0.29, 0.717) is 19.6 Å². The van der Waals surface area contributed by atoms with E-state index in [1.54, 1.807) is 0 Å². The van der Waals surface area contributed by atoms with Crippen LogP contribution in [0, 0.1) is 5.41 Å². The lowest BCUT2D eigenvalue weighted by atomic mass is 9.78. The van der Waals surface area contributed by atoms with Gasteiger partial charge in [0.25, 0.3) is 0 Å². The number of ether oxygens (including phenoxy) is 2. The topological polar surface area (TPSA) is 119 Å². The van der Waals surface area contributed by atoms with Crippen molar-refractivity contribution in [1.29, 1.82) is 0 Å². The van der Waals surface area contributed by atoms with E-state index in [9.17, 15) is 19.5 Å². The van der Waals surface area contributed by atoms with E-state index in [1.807, 2.05) is 38.5 Å². The van der Waals surface area contributed by atoms with Gasteiger partial charge in [-0.05, 0) is 63.1 Å². The quantitative estimate of drug-likeness (QED) is 0.245. The second-order valence-corrected chi connectivity index (χ2v) is 12.9. The van der Waals surface area contributed by atoms with Gasteiger partial charge in [-0.25, -0.2) is 9.59 Å². The molecule has 3 N–H and O–H groups in total. The van der Waals surface area contributed by atoms with Crippen LogP contribution in [0.15, 0.2) is 29.2 Å². The van der Waals surface area contributed by atoms with Crippen LogP contribution in [0.4, 0.5) is 10.5 Å². The van der Waals surface area contributed by atoms with E-state index in [0.717, 1.165) is 66.8 Å². The van der Waals surface area contributed by atoms with E-state index in [-0.39, 0.29) is 23.1 Å². The number of carbonyl (C=O) groups is 2. The number of benzene rings is 1. The maximum absolute atomic E-state index is 12.6. The molecule has 0 fully saturated rings. The Bertz CT molecular complexity index is 1290. The van der Waals surface area contributed by atoms with Crippen molar-refractivity contribution in [1.82, 2.24) is 9.88 Å². The average Bonchev–Trinajstić information content (AvgIpc) is 2.86. The number of anilines is 1. The Kier molecular flexibility index (Phi) is 10.5. The van der Waals surface area contributed by atoms with Crippen LogP contribution in [0.5, 0.6) is 5.75 Å². The SMILES string of the molecule is CNc1cc2c(cc1OCCCCCCCCNC(=O)OC(C)(C)C)CC(C(C)(C)C)n1cc(C(=O)O)c(=O)cc1-2. The number of rotatable bonds is 12. The fourth-order valence-corrected chi connectivity index (χ4v) is 5.18. The van der Waals surface area contributed by atoms with Crippen molar-refractivity contribution >= 4 is 17.7 Å². The number of aromatic carboxylic acids is 1. The number of pyridine rings is 1. The summed E-state index contributed by atoms with van der Waals surface area (Å²) in [5.41, 5.74) is 2.22. The van der Waals surface area contributed by atoms with E-state index in [2.05, 4.69) is 37.5 Å². The molecule has 0 radical (unpaired) electrons. The Morgan fingerprint density at radius 3 is 2.27 bits per heavy atom. The molecule has 1 unspecified atom stereocenters. The summed E-state index contributed by atoms with van der Waals surface area (Å²) >= 11 is 0. The molecule has 1 aliphatic heterocycles. The Labute approximate surface area is 243 Å². The molecule has 1 aromatic carbocycles. The van der Waals surface area contributed by atoms with Gasteiger partial charge in [0, 0.05) is 37.5 Å². The predicted molar refractivity (Wildman–Crippen MR) is 162 cm³/mol. The first kappa shape index (κ1) is 32.0. The maximum Gasteiger partial charge on any atom is 0.407 e. The summed E-state index contributed by atoms with van der Waals surface area (Å²) in [5, 5.41) is 15.6. The molecule has 0 bridgehead atoms. The number of hydrogen-bond donors (Lipinski definition) is 3. The highest BCUT2D eigenvalue weighted by molar-refractivity contribution is 5.88. The van der Waals surface area contributed by atoms with Crippen LogP contribution in [-0.2, 0) is 11.2 Å². The lowest BCUT2D eigenvalue weighted by Gasteiger charge is -2.39. The molecular formula is C32H47N3O6. The van der Waals surface area contributed by atoms with Gasteiger partial charge >= 0.3 is 12.1 Å². The van der Waals surface area contributed by atoms with Gasteiger partial charge in [-0.3, -0.25) is 4.79 Å². The summed E-state index contributed by atoms with van der Waals surface area (Å²) in [6, 6.07) is 5.50. The van der Waals surface area contributed by atoms with Crippen molar-refractivity contribution < 1.29 is 24.2 Å². The van der Waals surface area contributed by atoms with E-state index < -0.39 is 17.0 Å². The monoisotopic (exact) mass is 569 g/mol. The fourth-order valence-electron chi connectivity index (χ4n) is 5.18. The highest BCUT2D eigenvalue weighted by atomic mass is 16.6. The lowest BCUT2D eigenvalue weighted by molar-refractivity contribution is 0.0526. The predicted octanol–water partition coefficient (Wildman–Crippen LogP) is 6.64. The molecule has 41 heavy (non-hydrogen) atoms. The molecule has 2 aromatic rings. The zero-order chi connectivity index (χ0) is 30.4. The summed E-state index contributed by atoms with van der Waals surface area (Å²) in [7, 11) is 1.84. The smallest absolute Gasteiger partial charge is 0.407 e. The molecule has 0 spiro atoms. The van der Waals surface area contributed by atoms with Gasteiger partial charge < -0.3 is 29.8 Å². The number of carboxylic acid groups (broad SMARTS) is 1. The minimum absolute atomic E-state index is 0.0173. The Morgan fingerprint density at radius 1 is 1.00 bits per heavy atom. The first-order valence-corrected chi connectivity index (χ1v) is 14.7. The number of carbonyl (C=O) groups excluding carboxylic acids is 1. The number of amides is 1. The molecule has 1 aromatic heterocycles. The van der Waals surface area contributed by atoms with Gasteiger partial charge in [0.2, 0.25) is 0 Å². The van der Waals surface area contributed by atoms with Gasteiger partial charge in [0.1, 0.15) is 16.9 Å². The molecule has 9 heteroatoms. The molecule has 0 saturated heterocycles. The zero-order valence-electron chi connectivity index (χ0n) is 25.7. The van der Waals surface area contributed by atoms with Gasteiger partial charge in [0.05, 0.1) is 18.0 Å². The molecule has 0 saturated carbocycles. The van der Waals surface area contributed by atoms with Crippen LogP contribution in [-0.4, -0.2) is 47.5 Å². The second-order valence-electron chi connectivity index (χ2n) is 12.9. The first-order chi connectivity index (χ1) is 19.2. The first-order valence-electron chi connectivity index (χ1n) is 14.7. The fraction of sp³-hybridized carbons (Fsp3) is 0.594. The minimum Gasteiger partial charge on any atom is -0.491 e. The molecular weight excluding hydrogens is 522 g/mol. The number of nitrogens with one attached hydrogen (secondary N) is 2. The van der Waals surface area contributed by atoms with Crippen LogP contribution < -0.4 is 20.8 Å². The zero-order valence-corrected chi connectivity index (χ0v) is 25.7. The van der Waals surface area contributed by atoms with Crippen molar-refractivity contribution in [2.75, 3.05) is 25.5 Å². The number of alkyl carbamates (subject to hydrolysis) is 1. The molecule has 9 nitrogen and oxygen atoms in total. The summed E-state index contributed by atoms with van der Waals surface area (Å²) in [4.78, 5) is 36.0. The summed E-state index contributed by atoms with van der Waals surface area (Å²) < 4.78 is 13.4. The Morgan fingerprint density at radius 2 is 1.66 bits per heavy atom. The molecule has 1 amide bonds. The molecule has 1 atom stereocenters. The molecule has 226 valence electrons. The standard InChI is InChI=1S/C32H47N3O6/c1-31(2,3)28-17-21-16-27(40-15-13-11-9-8-10-12-14-34-30(39)41-32(4,5)6)24(33-7)18-22(21)25-19-26(36)23(29(37)38)20-35(25)28/h16,18-20,28,33H,8-15,17H2,1-7H3,(H,34,39)(H,37,38). The largest absolute Gasteiger partial charge is 0.491 e. The van der Waals surface area contributed by atoms with Gasteiger partial charge in [-0.1, -0.05) is 46.5 Å². The summed E-state index contributed by atoms with van der Waals surface area (Å²) in [5.74, 6) is -0.427. The van der Waals surface area contributed by atoms with Crippen molar-refractivity contribution in [3.8, 4) is 17.0 Å². The molecule has 0 aliphatic carbocycles. The number of hydrogen-bond acceptors (Lipinski definition) is 6. The third-order valence-corrected chi connectivity index (χ3v) is 7.31. The van der Waals surface area contributed by atoms with Crippen molar-refractivity contribution in [2.45, 2.75) is 98.1 Å². The van der Waals surface area contributed by atoms with Crippen LogP contribution in [0.2, 0.25) is 0 Å². The highest BCUT2D eigenvalue weighted by Gasteiger charge is 2.34. The number of nitrogens with zero attached hydrogens (tertiary/aromatic N) is 1. The van der Waals surface area contributed by atoms with E-state index >= 15 is 0 Å².